The summed E-state index contributed by atoms with van der Waals surface area (Å²) in [5, 5.41) is 3.34. The lowest BCUT2D eigenvalue weighted by Crippen LogP contribution is -2.59. The molecule has 1 rings (SSSR count). The zero-order chi connectivity index (χ0) is 15.0. The largest absolute Gasteiger partial charge is 0.379 e. The predicted octanol–water partition coefficient (Wildman–Crippen LogP) is 1.59. The van der Waals surface area contributed by atoms with Gasteiger partial charge in [0.2, 0.25) is 5.91 Å². The zero-order valence-corrected chi connectivity index (χ0v) is 13.1. The Labute approximate surface area is 122 Å². The number of primary amides is 1. The van der Waals surface area contributed by atoms with E-state index in [2.05, 4.69) is 12.2 Å². The minimum Gasteiger partial charge on any atom is -0.379 e. The van der Waals surface area contributed by atoms with Gasteiger partial charge in [0, 0.05) is 13.0 Å². The summed E-state index contributed by atoms with van der Waals surface area (Å²) in [7, 11) is 0. The minimum atomic E-state index is -0.593. The summed E-state index contributed by atoms with van der Waals surface area (Å²) < 4.78 is 11.4. The molecule has 20 heavy (non-hydrogen) atoms. The quantitative estimate of drug-likeness (QED) is 0.675. The van der Waals surface area contributed by atoms with Crippen LogP contribution >= 0.6 is 0 Å². The molecule has 0 aromatic carbocycles. The van der Waals surface area contributed by atoms with Crippen molar-refractivity contribution in [3.63, 3.8) is 0 Å². The Balaban J connectivity index is 2.56. The first-order valence-electron chi connectivity index (χ1n) is 7.82. The van der Waals surface area contributed by atoms with Gasteiger partial charge in [-0.3, -0.25) is 4.79 Å². The molecule has 1 saturated carbocycles. The Bertz CT molecular complexity index is 299. The van der Waals surface area contributed by atoms with Crippen molar-refractivity contribution in [3.8, 4) is 0 Å². The summed E-state index contributed by atoms with van der Waals surface area (Å²) in [5.74, 6) is -0.253. The van der Waals surface area contributed by atoms with E-state index in [-0.39, 0.29) is 18.1 Å². The van der Waals surface area contributed by atoms with Crippen molar-refractivity contribution in [2.75, 3.05) is 19.8 Å². The van der Waals surface area contributed by atoms with E-state index in [0.717, 1.165) is 32.2 Å². The van der Waals surface area contributed by atoms with Crippen LogP contribution < -0.4 is 11.1 Å². The maximum absolute atomic E-state index is 11.9. The van der Waals surface area contributed by atoms with Crippen molar-refractivity contribution < 1.29 is 14.3 Å². The smallest absolute Gasteiger partial charge is 0.237 e. The third-order valence-corrected chi connectivity index (χ3v) is 3.87. The summed E-state index contributed by atoms with van der Waals surface area (Å²) in [6.07, 6.45) is 4.54. The second-order valence-electron chi connectivity index (χ2n) is 5.70. The minimum absolute atomic E-state index is 0.0507. The van der Waals surface area contributed by atoms with Crippen molar-refractivity contribution in [2.45, 2.75) is 70.6 Å². The average molecular weight is 286 g/mol. The molecule has 0 bridgehead atoms. The van der Waals surface area contributed by atoms with E-state index >= 15 is 0 Å². The average Bonchev–Trinajstić information content (AvgIpc) is 2.43. The van der Waals surface area contributed by atoms with Crippen molar-refractivity contribution in [2.24, 2.45) is 5.73 Å². The van der Waals surface area contributed by atoms with Gasteiger partial charge in [-0.05, 0) is 46.1 Å². The molecular weight excluding hydrogens is 256 g/mol. The fraction of sp³-hybridized carbons (Fsp3) is 0.933. The van der Waals surface area contributed by atoms with Crippen LogP contribution in [0.25, 0.3) is 0 Å². The van der Waals surface area contributed by atoms with Crippen LogP contribution in [0.1, 0.15) is 52.9 Å². The summed E-state index contributed by atoms with van der Waals surface area (Å²) in [6, 6.07) is 0. The van der Waals surface area contributed by atoms with Gasteiger partial charge in [0.1, 0.15) is 5.54 Å². The molecule has 3 unspecified atom stereocenters. The summed E-state index contributed by atoms with van der Waals surface area (Å²) in [6.45, 7) is 8.17. The molecule has 3 atom stereocenters. The van der Waals surface area contributed by atoms with Gasteiger partial charge in [0.25, 0.3) is 0 Å². The zero-order valence-electron chi connectivity index (χ0n) is 13.1. The predicted molar refractivity (Wildman–Crippen MR) is 79.5 cm³/mol. The van der Waals surface area contributed by atoms with E-state index in [1.165, 1.54) is 0 Å². The van der Waals surface area contributed by atoms with E-state index in [4.69, 9.17) is 15.2 Å². The van der Waals surface area contributed by atoms with Gasteiger partial charge in [-0.2, -0.15) is 0 Å². The molecular formula is C15H30N2O3. The van der Waals surface area contributed by atoms with Crippen LogP contribution in [0.3, 0.4) is 0 Å². The molecule has 1 amide bonds. The van der Waals surface area contributed by atoms with E-state index in [9.17, 15) is 4.79 Å². The molecule has 0 spiro atoms. The topological polar surface area (TPSA) is 73.6 Å². The van der Waals surface area contributed by atoms with Crippen LogP contribution in [0.5, 0.6) is 0 Å². The van der Waals surface area contributed by atoms with Gasteiger partial charge in [-0.25, -0.2) is 0 Å². The highest BCUT2D eigenvalue weighted by molar-refractivity contribution is 5.84. The van der Waals surface area contributed by atoms with E-state index in [0.29, 0.717) is 19.6 Å². The molecule has 0 heterocycles. The molecule has 0 aliphatic heterocycles. The first-order valence-corrected chi connectivity index (χ1v) is 7.82. The molecule has 5 nitrogen and oxygen atoms in total. The standard InChI is InChI=1S/C15H30N2O3/c1-4-9-17-15(14(16)18)8-6-7-13(10-15)20-12(3)11-19-5-2/h12-13,17H,4-11H2,1-3H3,(H2,16,18). The van der Waals surface area contributed by atoms with Gasteiger partial charge >= 0.3 is 0 Å². The summed E-state index contributed by atoms with van der Waals surface area (Å²) in [4.78, 5) is 11.9. The third kappa shape index (κ3) is 5.04. The Hall–Kier alpha value is -0.650. The molecule has 0 radical (unpaired) electrons. The van der Waals surface area contributed by atoms with Gasteiger partial charge < -0.3 is 20.5 Å². The number of rotatable bonds is 9. The molecule has 3 N–H and O–H groups in total. The molecule has 118 valence electrons. The Kier molecular flexibility index (Phi) is 7.48. The van der Waals surface area contributed by atoms with Crippen LogP contribution in [-0.4, -0.2) is 43.4 Å². The molecule has 0 aromatic heterocycles. The van der Waals surface area contributed by atoms with Gasteiger partial charge in [0.05, 0.1) is 18.8 Å². The van der Waals surface area contributed by atoms with Crippen molar-refractivity contribution >= 4 is 5.91 Å². The first kappa shape index (κ1) is 17.4. The lowest BCUT2D eigenvalue weighted by molar-refractivity contribution is -0.130. The van der Waals surface area contributed by atoms with Crippen LogP contribution in [-0.2, 0) is 14.3 Å². The monoisotopic (exact) mass is 286 g/mol. The van der Waals surface area contributed by atoms with Gasteiger partial charge in [-0.1, -0.05) is 6.92 Å². The number of hydrogen-bond donors (Lipinski definition) is 2. The van der Waals surface area contributed by atoms with Gasteiger partial charge in [-0.15, -0.1) is 0 Å². The van der Waals surface area contributed by atoms with Crippen LogP contribution in [0.15, 0.2) is 0 Å². The maximum atomic E-state index is 11.9. The number of hydrogen-bond acceptors (Lipinski definition) is 4. The number of nitrogens with two attached hydrogens (primary N) is 1. The maximum Gasteiger partial charge on any atom is 0.237 e. The number of ether oxygens (including phenoxy) is 2. The number of amides is 1. The fourth-order valence-electron chi connectivity index (χ4n) is 2.83. The second-order valence-corrected chi connectivity index (χ2v) is 5.70. The molecule has 5 heteroatoms. The lowest BCUT2D eigenvalue weighted by Gasteiger charge is -2.40. The van der Waals surface area contributed by atoms with Crippen molar-refractivity contribution in [3.05, 3.63) is 0 Å². The van der Waals surface area contributed by atoms with E-state index < -0.39 is 5.54 Å². The Morgan fingerprint density at radius 1 is 1.50 bits per heavy atom. The van der Waals surface area contributed by atoms with E-state index in [1.54, 1.807) is 0 Å². The number of nitrogens with one attached hydrogen (secondary N) is 1. The highest BCUT2D eigenvalue weighted by Crippen LogP contribution is 2.30. The van der Waals surface area contributed by atoms with E-state index in [1.807, 2.05) is 13.8 Å². The lowest BCUT2D eigenvalue weighted by atomic mass is 9.79. The highest BCUT2D eigenvalue weighted by atomic mass is 16.5. The Morgan fingerprint density at radius 2 is 2.25 bits per heavy atom. The Morgan fingerprint density at radius 3 is 2.85 bits per heavy atom. The molecule has 0 aromatic rings. The van der Waals surface area contributed by atoms with Crippen molar-refractivity contribution in [1.29, 1.82) is 0 Å². The second kappa shape index (κ2) is 8.60. The normalized spacial score (nSPS) is 28.2. The summed E-state index contributed by atoms with van der Waals surface area (Å²) in [5.41, 5.74) is 5.04. The fourth-order valence-corrected chi connectivity index (χ4v) is 2.83. The van der Waals surface area contributed by atoms with Crippen LogP contribution in [0.2, 0.25) is 0 Å². The van der Waals surface area contributed by atoms with Crippen molar-refractivity contribution in [1.82, 2.24) is 5.32 Å². The number of carbonyl (C=O) groups is 1. The third-order valence-electron chi connectivity index (χ3n) is 3.87. The SMILES string of the molecule is CCCNC1(C(N)=O)CCCC(OC(C)COCC)C1. The van der Waals surface area contributed by atoms with Crippen LogP contribution in [0.4, 0.5) is 0 Å². The first-order chi connectivity index (χ1) is 9.54. The number of carbonyl (C=O) groups excluding carboxylic acids is 1. The molecule has 0 saturated heterocycles. The summed E-state index contributed by atoms with van der Waals surface area (Å²) >= 11 is 0. The van der Waals surface area contributed by atoms with Crippen LogP contribution in [0, 0.1) is 0 Å². The molecule has 1 aliphatic carbocycles. The molecule has 1 aliphatic rings. The highest BCUT2D eigenvalue weighted by Gasteiger charge is 2.41. The van der Waals surface area contributed by atoms with Gasteiger partial charge in [0.15, 0.2) is 0 Å². The molecule has 1 fully saturated rings.